The van der Waals surface area contributed by atoms with E-state index in [1.165, 1.54) is 26.3 Å². The molecule has 0 bridgehead atoms. The molecule has 1 aromatic rings. The fourth-order valence-electron chi connectivity index (χ4n) is 2.36. The van der Waals surface area contributed by atoms with Gasteiger partial charge in [0.2, 0.25) is 0 Å². The second kappa shape index (κ2) is 6.36. The molecule has 0 aliphatic heterocycles. The summed E-state index contributed by atoms with van der Waals surface area (Å²) in [4.78, 5) is 19.3. The summed E-state index contributed by atoms with van der Waals surface area (Å²) in [7, 11) is -1.16. The minimum Gasteiger partial charge on any atom is -0.333 e. The summed E-state index contributed by atoms with van der Waals surface area (Å²) in [6.45, 7) is 3.94. The van der Waals surface area contributed by atoms with Crippen molar-refractivity contribution in [1.29, 1.82) is 0 Å². The van der Waals surface area contributed by atoms with Gasteiger partial charge in [-0.1, -0.05) is 10.5 Å². The molecular formula is C15H22N2O4S. The number of hydrogen-bond acceptors (Lipinski definition) is 4. The van der Waals surface area contributed by atoms with Crippen LogP contribution >= 0.6 is 0 Å². The highest BCUT2D eigenvalue weighted by molar-refractivity contribution is 7.89. The SMILES string of the molecule is CON(C)S(=O)(=O)c1cccc(C(=O)N(C(C)C)C2CC2)c1. The summed E-state index contributed by atoms with van der Waals surface area (Å²) < 4.78 is 25.3. The van der Waals surface area contributed by atoms with Crippen molar-refractivity contribution < 1.29 is 18.0 Å². The number of hydrogen-bond donors (Lipinski definition) is 0. The molecular weight excluding hydrogens is 304 g/mol. The molecule has 0 radical (unpaired) electrons. The lowest BCUT2D eigenvalue weighted by Crippen LogP contribution is -2.38. The molecule has 122 valence electrons. The number of hydroxylamine groups is 1. The lowest BCUT2D eigenvalue weighted by molar-refractivity contribution is -0.0258. The molecule has 22 heavy (non-hydrogen) atoms. The van der Waals surface area contributed by atoms with E-state index in [0.29, 0.717) is 5.56 Å². The number of rotatable bonds is 6. The Morgan fingerprint density at radius 1 is 1.32 bits per heavy atom. The summed E-state index contributed by atoms with van der Waals surface area (Å²) in [5.41, 5.74) is 0.381. The molecule has 1 fully saturated rings. The maximum atomic E-state index is 12.7. The Morgan fingerprint density at radius 3 is 2.45 bits per heavy atom. The first-order valence-electron chi connectivity index (χ1n) is 7.24. The lowest BCUT2D eigenvalue weighted by atomic mass is 10.1. The van der Waals surface area contributed by atoms with E-state index in [1.807, 2.05) is 18.7 Å². The number of benzene rings is 1. The Hall–Kier alpha value is -1.44. The van der Waals surface area contributed by atoms with Crippen LogP contribution in [-0.4, -0.2) is 49.9 Å². The number of carbonyl (C=O) groups is 1. The molecule has 0 unspecified atom stereocenters. The van der Waals surface area contributed by atoms with E-state index < -0.39 is 10.0 Å². The van der Waals surface area contributed by atoms with Crippen molar-refractivity contribution in [3.05, 3.63) is 29.8 Å². The molecule has 1 aromatic carbocycles. The topological polar surface area (TPSA) is 66.9 Å². The van der Waals surface area contributed by atoms with Gasteiger partial charge in [0.25, 0.3) is 15.9 Å². The first-order valence-corrected chi connectivity index (χ1v) is 8.68. The van der Waals surface area contributed by atoms with Gasteiger partial charge in [0.1, 0.15) is 0 Å². The molecule has 0 aromatic heterocycles. The largest absolute Gasteiger partial charge is 0.333 e. The molecule has 6 nitrogen and oxygen atoms in total. The van der Waals surface area contributed by atoms with Crippen molar-refractivity contribution in [2.45, 2.75) is 43.7 Å². The van der Waals surface area contributed by atoms with Crippen LogP contribution < -0.4 is 0 Å². The molecule has 1 amide bonds. The van der Waals surface area contributed by atoms with E-state index in [9.17, 15) is 13.2 Å². The highest BCUT2D eigenvalue weighted by Crippen LogP contribution is 2.30. The van der Waals surface area contributed by atoms with E-state index in [1.54, 1.807) is 12.1 Å². The lowest BCUT2D eigenvalue weighted by Gasteiger charge is -2.27. The zero-order chi connectivity index (χ0) is 16.5. The van der Waals surface area contributed by atoms with Gasteiger partial charge in [-0.25, -0.2) is 8.42 Å². The fraction of sp³-hybridized carbons (Fsp3) is 0.533. The van der Waals surface area contributed by atoms with Crippen LogP contribution in [0.4, 0.5) is 0 Å². The maximum absolute atomic E-state index is 12.7. The van der Waals surface area contributed by atoms with Crippen LogP contribution in [0.5, 0.6) is 0 Å². The first kappa shape index (κ1) is 16.9. The van der Waals surface area contributed by atoms with Crippen LogP contribution in [0.25, 0.3) is 0 Å². The van der Waals surface area contributed by atoms with Crippen molar-refractivity contribution in [2.75, 3.05) is 14.2 Å². The smallest absolute Gasteiger partial charge is 0.264 e. The van der Waals surface area contributed by atoms with Crippen molar-refractivity contribution in [3.63, 3.8) is 0 Å². The third kappa shape index (κ3) is 3.31. The second-order valence-corrected chi connectivity index (χ2v) is 7.60. The third-order valence-electron chi connectivity index (χ3n) is 3.71. The van der Waals surface area contributed by atoms with E-state index in [4.69, 9.17) is 4.84 Å². The van der Waals surface area contributed by atoms with Crippen LogP contribution in [0.15, 0.2) is 29.2 Å². The summed E-state index contributed by atoms with van der Waals surface area (Å²) in [5, 5.41) is 0. The Kier molecular flexibility index (Phi) is 4.89. The van der Waals surface area contributed by atoms with E-state index in [0.717, 1.165) is 17.3 Å². The van der Waals surface area contributed by atoms with Crippen molar-refractivity contribution >= 4 is 15.9 Å². The van der Waals surface area contributed by atoms with Gasteiger partial charge >= 0.3 is 0 Å². The second-order valence-electron chi connectivity index (χ2n) is 5.66. The number of nitrogens with zero attached hydrogens (tertiary/aromatic N) is 2. The normalized spacial score (nSPS) is 15.4. The molecule has 0 atom stereocenters. The van der Waals surface area contributed by atoms with Crippen LogP contribution in [0, 0.1) is 0 Å². The van der Waals surface area contributed by atoms with Crippen molar-refractivity contribution in [2.24, 2.45) is 0 Å². The van der Waals surface area contributed by atoms with Gasteiger partial charge in [-0.2, -0.15) is 0 Å². The van der Waals surface area contributed by atoms with Gasteiger partial charge < -0.3 is 4.90 Å². The first-order chi connectivity index (χ1) is 10.3. The van der Waals surface area contributed by atoms with Gasteiger partial charge in [-0.05, 0) is 44.9 Å². The van der Waals surface area contributed by atoms with Gasteiger partial charge in [-0.15, -0.1) is 0 Å². The minimum atomic E-state index is -3.76. The van der Waals surface area contributed by atoms with E-state index in [2.05, 4.69) is 0 Å². The van der Waals surface area contributed by atoms with Crippen LogP contribution in [0.3, 0.4) is 0 Å². The average Bonchev–Trinajstić information content (AvgIpc) is 3.30. The number of carbonyl (C=O) groups excluding carboxylic acids is 1. The maximum Gasteiger partial charge on any atom is 0.264 e. The summed E-state index contributed by atoms with van der Waals surface area (Å²) in [6.07, 6.45) is 2.02. The third-order valence-corrected chi connectivity index (χ3v) is 5.38. The zero-order valence-electron chi connectivity index (χ0n) is 13.3. The minimum absolute atomic E-state index is 0.0437. The zero-order valence-corrected chi connectivity index (χ0v) is 14.1. The molecule has 0 saturated heterocycles. The van der Waals surface area contributed by atoms with Crippen LogP contribution in [0.2, 0.25) is 0 Å². The average molecular weight is 326 g/mol. The van der Waals surface area contributed by atoms with Crippen molar-refractivity contribution in [3.8, 4) is 0 Å². The summed E-state index contributed by atoms with van der Waals surface area (Å²) in [5.74, 6) is -0.130. The molecule has 1 aliphatic rings. The molecule has 1 aliphatic carbocycles. The van der Waals surface area contributed by atoms with Crippen LogP contribution in [-0.2, 0) is 14.9 Å². The molecule has 7 heteroatoms. The van der Waals surface area contributed by atoms with E-state index >= 15 is 0 Å². The predicted octanol–water partition coefficient (Wildman–Crippen LogP) is 1.88. The number of sulfonamides is 1. The van der Waals surface area contributed by atoms with Crippen molar-refractivity contribution in [1.82, 2.24) is 9.37 Å². The highest BCUT2D eigenvalue weighted by Gasteiger charge is 2.35. The van der Waals surface area contributed by atoms with Gasteiger partial charge in [0, 0.05) is 24.7 Å². The van der Waals surface area contributed by atoms with Gasteiger partial charge in [-0.3, -0.25) is 9.63 Å². The Bertz CT molecular complexity index is 651. The predicted molar refractivity (Wildman–Crippen MR) is 82.7 cm³/mol. The Labute approximate surface area is 131 Å². The highest BCUT2D eigenvalue weighted by atomic mass is 32.2. The van der Waals surface area contributed by atoms with Gasteiger partial charge in [0.15, 0.2) is 0 Å². The van der Waals surface area contributed by atoms with Gasteiger partial charge in [0.05, 0.1) is 12.0 Å². The summed E-state index contributed by atoms with van der Waals surface area (Å²) >= 11 is 0. The molecule has 2 rings (SSSR count). The fourth-order valence-corrected chi connectivity index (χ4v) is 3.38. The molecule has 0 N–H and O–H groups in total. The summed E-state index contributed by atoms with van der Waals surface area (Å²) in [6, 6.07) is 6.45. The monoisotopic (exact) mass is 326 g/mol. The quantitative estimate of drug-likeness (QED) is 0.749. The Morgan fingerprint density at radius 2 is 1.95 bits per heavy atom. The van der Waals surface area contributed by atoms with Crippen LogP contribution in [0.1, 0.15) is 37.0 Å². The Balaban J connectivity index is 2.34. The van der Waals surface area contributed by atoms with E-state index in [-0.39, 0.29) is 22.9 Å². The molecule has 0 heterocycles. The standard InChI is InChI=1S/C15H22N2O4S/c1-11(2)17(13-8-9-13)15(18)12-6-5-7-14(10-12)22(19,20)16(3)21-4/h5-7,10-11,13H,8-9H2,1-4H3. The molecule has 1 saturated carbocycles. The molecule has 0 spiro atoms. The number of amides is 1.